The number of para-hydroxylation sites is 4. The van der Waals surface area contributed by atoms with Crippen LogP contribution in [0.15, 0.2) is 62.8 Å². The Bertz CT molecular complexity index is 1310. The Morgan fingerprint density at radius 2 is 1.86 bits per heavy atom. The summed E-state index contributed by atoms with van der Waals surface area (Å²) in [5.74, 6) is 0.579. The summed E-state index contributed by atoms with van der Waals surface area (Å²) in [6.45, 7) is 0. The van der Waals surface area contributed by atoms with Crippen LogP contribution in [-0.2, 0) is 11.8 Å². The number of carbonyl (C=O) groups excluding carboxylic acids is 1. The van der Waals surface area contributed by atoms with Crippen LogP contribution in [-0.4, -0.2) is 36.5 Å². The van der Waals surface area contributed by atoms with Crippen molar-refractivity contribution in [2.45, 2.75) is 5.22 Å². The van der Waals surface area contributed by atoms with Crippen LogP contribution in [0.3, 0.4) is 0 Å². The van der Waals surface area contributed by atoms with Gasteiger partial charge in [-0.05, 0) is 34.6 Å². The van der Waals surface area contributed by atoms with Crippen LogP contribution in [0.4, 0.5) is 5.82 Å². The number of amides is 1. The van der Waals surface area contributed by atoms with Gasteiger partial charge in [-0.15, -0.1) is 0 Å². The van der Waals surface area contributed by atoms with Crippen LogP contribution >= 0.6 is 11.8 Å². The van der Waals surface area contributed by atoms with Crippen molar-refractivity contribution in [2.75, 3.05) is 11.1 Å². The molecule has 0 saturated carbocycles. The zero-order valence-corrected chi connectivity index (χ0v) is 16.0. The van der Waals surface area contributed by atoms with Crippen LogP contribution < -0.4 is 5.32 Å². The topological polar surface area (TPSA) is 112 Å². The molecular formula is C19H14N6O3S. The van der Waals surface area contributed by atoms with Gasteiger partial charge < -0.3 is 14.3 Å². The normalized spacial score (nSPS) is 11.3. The number of hydrogen-bond acceptors (Lipinski definition) is 8. The van der Waals surface area contributed by atoms with Crippen molar-refractivity contribution in [1.82, 2.24) is 24.8 Å². The molecule has 0 saturated heterocycles. The number of hydrogen-bond donors (Lipinski definition) is 1. The summed E-state index contributed by atoms with van der Waals surface area (Å²) >= 11 is 1.20. The number of imidazole rings is 1. The third-order valence-corrected chi connectivity index (χ3v) is 5.17. The molecule has 0 aliphatic rings. The molecule has 1 amide bonds. The predicted octanol–water partition coefficient (Wildman–Crippen LogP) is 3.50. The molecule has 5 aromatic rings. The van der Waals surface area contributed by atoms with Gasteiger partial charge in [0.2, 0.25) is 11.7 Å². The fourth-order valence-electron chi connectivity index (χ4n) is 2.98. The molecule has 0 spiro atoms. The Labute approximate surface area is 168 Å². The first kappa shape index (κ1) is 17.4. The van der Waals surface area contributed by atoms with Gasteiger partial charge in [0.15, 0.2) is 17.1 Å². The molecule has 0 aliphatic carbocycles. The number of nitrogens with one attached hydrogen (secondary N) is 1. The predicted molar refractivity (Wildman–Crippen MR) is 107 cm³/mol. The highest BCUT2D eigenvalue weighted by molar-refractivity contribution is 7.99. The molecular weight excluding hydrogens is 392 g/mol. The quantitative estimate of drug-likeness (QED) is 0.442. The summed E-state index contributed by atoms with van der Waals surface area (Å²) in [4.78, 5) is 21.3. The zero-order chi connectivity index (χ0) is 19.8. The van der Waals surface area contributed by atoms with Gasteiger partial charge in [-0.2, -0.15) is 0 Å². The van der Waals surface area contributed by atoms with E-state index in [1.807, 2.05) is 60.1 Å². The first-order valence-electron chi connectivity index (χ1n) is 8.71. The minimum absolute atomic E-state index is 0.0989. The van der Waals surface area contributed by atoms with Crippen molar-refractivity contribution in [3.8, 4) is 11.5 Å². The Morgan fingerprint density at radius 1 is 1.07 bits per heavy atom. The molecule has 3 aromatic heterocycles. The Morgan fingerprint density at radius 3 is 2.69 bits per heavy atom. The fraction of sp³-hybridized carbons (Fsp3) is 0.105. The van der Waals surface area contributed by atoms with Gasteiger partial charge in [-0.25, -0.2) is 14.6 Å². The Balaban J connectivity index is 1.32. The van der Waals surface area contributed by atoms with E-state index in [9.17, 15) is 4.79 Å². The molecule has 3 heterocycles. The van der Waals surface area contributed by atoms with Crippen LogP contribution in [0.1, 0.15) is 0 Å². The summed E-state index contributed by atoms with van der Waals surface area (Å²) in [6, 6.07) is 15.1. The minimum Gasteiger partial charge on any atom is -0.431 e. The maximum Gasteiger partial charge on any atom is 0.257 e. The summed E-state index contributed by atoms with van der Waals surface area (Å²) in [5.41, 5.74) is 3.55. The van der Waals surface area contributed by atoms with Crippen LogP contribution in [0.5, 0.6) is 0 Å². The molecule has 144 valence electrons. The van der Waals surface area contributed by atoms with E-state index in [1.54, 1.807) is 0 Å². The number of aromatic nitrogens is 5. The molecule has 9 nitrogen and oxygen atoms in total. The van der Waals surface area contributed by atoms with Crippen molar-refractivity contribution in [1.29, 1.82) is 0 Å². The molecule has 5 rings (SSSR count). The van der Waals surface area contributed by atoms with Crippen molar-refractivity contribution in [3.63, 3.8) is 0 Å². The van der Waals surface area contributed by atoms with Gasteiger partial charge >= 0.3 is 0 Å². The molecule has 0 fully saturated rings. The number of benzene rings is 2. The molecule has 0 radical (unpaired) electrons. The summed E-state index contributed by atoms with van der Waals surface area (Å²) in [6.07, 6.45) is 0. The number of carbonyl (C=O) groups is 1. The lowest BCUT2D eigenvalue weighted by Gasteiger charge is -2.02. The molecule has 29 heavy (non-hydrogen) atoms. The van der Waals surface area contributed by atoms with Crippen molar-refractivity contribution in [3.05, 3.63) is 48.5 Å². The summed E-state index contributed by atoms with van der Waals surface area (Å²) in [5, 5.41) is 10.9. The van der Waals surface area contributed by atoms with Gasteiger partial charge in [-0.3, -0.25) is 4.79 Å². The van der Waals surface area contributed by atoms with Gasteiger partial charge in [0.25, 0.3) is 5.22 Å². The standard InChI is InChI=1S/C19H14N6O3S/c1-25-13-8-4-2-6-11(13)20-18(25)16-17(24-28-23-16)22-15(26)10-29-19-21-12-7-3-5-9-14(12)27-19/h2-9H,10H2,1H3,(H,22,24,26). The number of anilines is 1. The molecule has 10 heteroatoms. The molecule has 2 aromatic carbocycles. The van der Waals surface area contributed by atoms with Gasteiger partial charge in [-0.1, -0.05) is 36.0 Å². The van der Waals surface area contributed by atoms with E-state index in [1.165, 1.54) is 11.8 Å². The monoisotopic (exact) mass is 406 g/mol. The highest BCUT2D eigenvalue weighted by atomic mass is 32.2. The van der Waals surface area contributed by atoms with Crippen LogP contribution in [0, 0.1) is 0 Å². The van der Waals surface area contributed by atoms with E-state index < -0.39 is 0 Å². The van der Waals surface area contributed by atoms with Crippen LogP contribution in [0.25, 0.3) is 33.7 Å². The average molecular weight is 406 g/mol. The lowest BCUT2D eigenvalue weighted by atomic mass is 10.3. The second-order valence-electron chi connectivity index (χ2n) is 6.23. The maximum absolute atomic E-state index is 12.4. The van der Waals surface area contributed by atoms with E-state index >= 15 is 0 Å². The number of fused-ring (bicyclic) bond motifs is 2. The van der Waals surface area contributed by atoms with Crippen molar-refractivity contribution in [2.24, 2.45) is 7.05 Å². The molecule has 0 bridgehead atoms. The van der Waals surface area contributed by atoms with Gasteiger partial charge in [0.05, 0.1) is 16.8 Å². The van der Waals surface area contributed by atoms with Gasteiger partial charge in [0.1, 0.15) is 5.52 Å². The first-order chi connectivity index (χ1) is 14.2. The van der Waals surface area contributed by atoms with Gasteiger partial charge in [0, 0.05) is 7.05 Å². The number of thioether (sulfide) groups is 1. The van der Waals surface area contributed by atoms with Crippen molar-refractivity contribution >= 4 is 45.6 Å². The third kappa shape index (κ3) is 3.23. The average Bonchev–Trinajstić information content (AvgIpc) is 3.43. The van der Waals surface area contributed by atoms with E-state index in [0.29, 0.717) is 22.3 Å². The second kappa shape index (κ2) is 7.06. The molecule has 0 unspecified atom stereocenters. The highest BCUT2D eigenvalue weighted by Crippen LogP contribution is 2.27. The van der Waals surface area contributed by atoms with E-state index in [0.717, 1.165) is 16.6 Å². The lowest BCUT2D eigenvalue weighted by Crippen LogP contribution is -2.15. The van der Waals surface area contributed by atoms with E-state index in [2.05, 4.69) is 25.6 Å². The maximum atomic E-state index is 12.4. The zero-order valence-electron chi connectivity index (χ0n) is 15.2. The molecule has 1 N–H and O–H groups in total. The lowest BCUT2D eigenvalue weighted by molar-refractivity contribution is -0.113. The van der Waals surface area contributed by atoms with E-state index in [4.69, 9.17) is 9.05 Å². The number of aryl methyl sites for hydroxylation is 1. The van der Waals surface area contributed by atoms with E-state index in [-0.39, 0.29) is 17.5 Å². The Kier molecular flexibility index (Phi) is 4.24. The minimum atomic E-state index is -0.284. The van der Waals surface area contributed by atoms with Crippen LogP contribution in [0.2, 0.25) is 0 Å². The highest BCUT2D eigenvalue weighted by Gasteiger charge is 2.21. The van der Waals surface area contributed by atoms with Crippen molar-refractivity contribution < 1.29 is 13.8 Å². The second-order valence-corrected chi connectivity index (χ2v) is 7.16. The first-order valence-corrected chi connectivity index (χ1v) is 9.70. The molecule has 0 atom stereocenters. The number of rotatable bonds is 5. The molecule has 0 aliphatic heterocycles. The largest absolute Gasteiger partial charge is 0.431 e. The number of oxazole rings is 1. The summed E-state index contributed by atoms with van der Waals surface area (Å²) < 4.78 is 12.3. The number of nitrogens with zero attached hydrogens (tertiary/aromatic N) is 5. The SMILES string of the molecule is Cn1c(-c2nonc2NC(=O)CSc2nc3ccccc3o2)nc2ccccc21. The fourth-order valence-corrected chi connectivity index (χ4v) is 3.62. The smallest absolute Gasteiger partial charge is 0.257 e. The summed E-state index contributed by atoms with van der Waals surface area (Å²) in [7, 11) is 1.87. The third-order valence-electron chi connectivity index (χ3n) is 4.35. The Hall–Kier alpha value is -3.66.